The summed E-state index contributed by atoms with van der Waals surface area (Å²) in [5.41, 5.74) is 0. The molecule has 8 nitrogen and oxygen atoms in total. The van der Waals surface area contributed by atoms with Gasteiger partial charge in [0, 0.05) is 19.3 Å². The van der Waals surface area contributed by atoms with Crippen LogP contribution in [0.5, 0.6) is 0 Å². The fraction of sp³-hybridized carbons (Fsp3) is 0.768. The summed E-state index contributed by atoms with van der Waals surface area (Å²) in [5, 5.41) is 11.7. The smallest absolute Gasteiger partial charge is 0.306 e. The zero-order chi connectivity index (χ0) is 47.0. The van der Waals surface area contributed by atoms with E-state index in [0.717, 1.165) is 70.6 Å². The monoisotopic (exact) mass is 898 g/mol. The van der Waals surface area contributed by atoms with Crippen molar-refractivity contribution in [2.24, 2.45) is 0 Å². The molecule has 0 saturated carbocycles. The Morgan fingerprint density at radius 3 is 1.31 bits per heavy atom. The van der Waals surface area contributed by atoms with Crippen LogP contribution in [-0.2, 0) is 28.6 Å². The Labute approximate surface area is 394 Å². The highest BCUT2D eigenvalue weighted by molar-refractivity contribution is 5.70. The average molecular weight is 898 g/mol. The molecule has 0 radical (unpaired) electrons. The van der Waals surface area contributed by atoms with Crippen molar-refractivity contribution in [1.29, 1.82) is 0 Å². The van der Waals surface area contributed by atoms with Crippen LogP contribution >= 0.6 is 0 Å². The molecule has 2 atom stereocenters. The molecular formula is C56H99NO7. The van der Waals surface area contributed by atoms with Crippen LogP contribution in [-0.4, -0.2) is 75.5 Å². The molecular weight excluding hydrogens is 799 g/mol. The van der Waals surface area contributed by atoms with Gasteiger partial charge in [-0.15, -0.1) is 0 Å². The van der Waals surface area contributed by atoms with Crippen molar-refractivity contribution in [3.8, 4) is 0 Å². The number of carboxylic acid groups (broad SMARTS) is 1. The van der Waals surface area contributed by atoms with E-state index in [1.54, 1.807) is 21.1 Å². The second kappa shape index (κ2) is 46.6. The molecule has 0 aliphatic rings. The van der Waals surface area contributed by atoms with E-state index in [1.165, 1.54) is 122 Å². The molecule has 0 saturated heterocycles. The molecule has 64 heavy (non-hydrogen) atoms. The number of aliphatic carboxylic acids is 1. The molecule has 0 aliphatic heterocycles. The third-order valence-corrected chi connectivity index (χ3v) is 11.6. The Morgan fingerprint density at radius 1 is 0.484 bits per heavy atom. The van der Waals surface area contributed by atoms with Crippen LogP contribution in [0.15, 0.2) is 60.8 Å². The summed E-state index contributed by atoms with van der Waals surface area (Å²) in [5.74, 6) is -1.75. The van der Waals surface area contributed by atoms with E-state index >= 15 is 0 Å². The number of unbranched alkanes of at least 4 members (excludes halogenated alkanes) is 23. The van der Waals surface area contributed by atoms with Gasteiger partial charge in [0.2, 0.25) is 0 Å². The first-order valence-corrected chi connectivity index (χ1v) is 26.3. The van der Waals surface area contributed by atoms with Crippen molar-refractivity contribution >= 4 is 17.9 Å². The molecule has 0 bridgehead atoms. The van der Waals surface area contributed by atoms with Crippen molar-refractivity contribution in [3.05, 3.63) is 60.8 Å². The van der Waals surface area contributed by atoms with Gasteiger partial charge in [-0.2, -0.15) is 0 Å². The number of hydrogen-bond donors (Lipinski definition) is 0. The Kier molecular flexibility index (Phi) is 44.4. The molecule has 0 rings (SSSR count). The number of quaternary nitrogens is 1. The number of esters is 2. The molecule has 0 N–H and O–H groups in total. The Bertz CT molecular complexity index is 1230. The molecule has 8 heteroatoms. The highest BCUT2D eigenvalue weighted by Gasteiger charge is 2.25. The third-order valence-electron chi connectivity index (χ3n) is 11.6. The highest BCUT2D eigenvalue weighted by atomic mass is 16.6. The topological polar surface area (TPSA) is 102 Å². The van der Waals surface area contributed by atoms with Crippen molar-refractivity contribution in [1.82, 2.24) is 0 Å². The fourth-order valence-electron chi connectivity index (χ4n) is 7.59. The van der Waals surface area contributed by atoms with Gasteiger partial charge in [-0.1, -0.05) is 190 Å². The number of allylic oxidation sites excluding steroid dienone is 10. The second-order valence-electron chi connectivity index (χ2n) is 18.7. The van der Waals surface area contributed by atoms with Crippen molar-refractivity contribution in [2.75, 3.05) is 41.0 Å². The largest absolute Gasteiger partial charge is 0.544 e. The van der Waals surface area contributed by atoms with E-state index < -0.39 is 18.1 Å². The van der Waals surface area contributed by atoms with Crippen LogP contribution in [0, 0.1) is 0 Å². The Morgan fingerprint density at radius 2 is 0.875 bits per heavy atom. The van der Waals surface area contributed by atoms with Crippen LogP contribution in [0.1, 0.15) is 226 Å². The summed E-state index contributed by atoms with van der Waals surface area (Å²) in [4.78, 5) is 37.1. The minimum atomic E-state index is -1.13. The van der Waals surface area contributed by atoms with E-state index in [-0.39, 0.29) is 42.7 Å². The maximum Gasteiger partial charge on any atom is 0.306 e. The number of hydrogen-bond acceptors (Lipinski definition) is 7. The molecule has 0 spiro atoms. The Hall–Kier alpha value is -2.97. The van der Waals surface area contributed by atoms with E-state index in [1.807, 2.05) is 0 Å². The SMILES string of the molecule is CC/C=C/C/C=C/C/C=C/C/C=C/CCCCCCCCCC(=O)OCC(COCCC(C(=O)[O-])[N+](C)(C)C)OC(=O)CCCCCCCCC/C=C/CCCCCCCCCCC. The molecule has 0 aromatic rings. The van der Waals surface area contributed by atoms with Crippen LogP contribution in [0.3, 0.4) is 0 Å². The lowest BCUT2D eigenvalue weighted by Crippen LogP contribution is -2.55. The molecule has 0 aliphatic carbocycles. The van der Waals surface area contributed by atoms with E-state index in [0.29, 0.717) is 12.8 Å². The highest BCUT2D eigenvalue weighted by Crippen LogP contribution is 2.15. The second-order valence-corrected chi connectivity index (χ2v) is 18.7. The molecule has 0 amide bonds. The maximum atomic E-state index is 12.8. The van der Waals surface area contributed by atoms with Gasteiger partial charge >= 0.3 is 11.9 Å². The number of carbonyl (C=O) groups is 3. The zero-order valence-corrected chi connectivity index (χ0v) is 42.2. The molecule has 0 heterocycles. The predicted molar refractivity (Wildman–Crippen MR) is 268 cm³/mol. The lowest BCUT2D eigenvalue weighted by atomic mass is 10.1. The summed E-state index contributed by atoms with van der Waals surface area (Å²) in [6, 6.07) is -0.731. The molecule has 2 unspecified atom stereocenters. The first-order valence-electron chi connectivity index (χ1n) is 26.3. The van der Waals surface area contributed by atoms with E-state index in [2.05, 4.69) is 74.6 Å². The number of carbonyl (C=O) groups excluding carboxylic acids is 3. The maximum absolute atomic E-state index is 12.8. The molecule has 0 fully saturated rings. The number of rotatable bonds is 47. The molecule has 0 aromatic heterocycles. The minimum Gasteiger partial charge on any atom is -0.544 e. The van der Waals surface area contributed by atoms with Crippen molar-refractivity contribution in [3.63, 3.8) is 0 Å². The summed E-state index contributed by atoms with van der Waals surface area (Å²) >= 11 is 0. The van der Waals surface area contributed by atoms with Crippen LogP contribution < -0.4 is 5.11 Å². The van der Waals surface area contributed by atoms with Crippen LogP contribution in [0.4, 0.5) is 0 Å². The quantitative estimate of drug-likeness (QED) is 0.0259. The minimum absolute atomic E-state index is 0.0344. The standard InChI is InChI=1S/C56H99NO7/c1-6-8-10-12-14-16-18-20-22-24-26-28-30-32-34-36-38-40-42-44-46-54(58)63-51-52(50-62-49-48-53(56(60)61)57(3,4)5)64-55(59)47-45-43-41-39-37-35-33-31-29-27-25-23-21-19-17-15-13-11-9-7-2/h8,10,14,16,20,22,26-29,52-53H,6-7,9,11-13,15,17-19,21,23-25,30-51H2,1-5H3/b10-8+,16-14+,22-20+,28-26+,29-27+. The van der Waals surface area contributed by atoms with Crippen molar-refractivity contribution in [2.45, 2.75) is 238 Å². The van der Waals surface area contributed by atoms with Crippen LogP contribution in [0.25, 0.3) is 0 Å². The van der Waals surface area contributed by atoms with Crippen molar-refractivity contribution < 1.29 is 38.2 Å². The van der Waals surface area contributed by atoms with Gasteiger partial charge in [-0.25, -0.2) is 0 Å². The van der Waals surface area contributed by atoms with Gasteiger partial charge in [0.15, 0.2) is 6.10 Å². The Balaban J connectivity index is 4.26. The van der Waals surface area contributed by atoms with Gasteiger partial charge in [0.25, 0.3) is 0 Å². The fourth-order valence-corrected chi connectivity index (χ4v) is 7.59. The van der Waals surface area contributed by atoms with Gasteiger partial charge in [0.1, 0.15) is 12.6 Å². The van der Waals surface area contributed by atoms with E-state index in [9.17, 15) is 19.5 Å². The van der Waals surface area contributed by atoms with Gasteiger partial charge in [0.05, 0.1) is 40.3 Å². The molecule has 0 aromatic carbocycles. The summed E-state index contributed by atoms with van der Waals surface area (Å²) in [6.07, 6.45) is 58.2. The summed E-state index contributed by atoms with van der Waals surface area (Å²) < 4.78 is 17.2. The van der Waals surface area contributed by atoms with Gasteiger partial charge in [-0.05, 0) is 77.0 Å². The first kappa shape index (κ1) is 61.0. The lowest BCUT2D eigenvalue weighted by Gasteiger charge is -2.34. The number of carboxylic acids is 1. The van der Waals surface area contributed by atoms with Crippen LogP contribution in [0.2, 0.25) is 0 Å². The summed E-state index contributed by atoms with van der Waals surface area (Å²) in [7, 11) is 5.41. The average Bonchev–Trinajstić information content (AvgIpc) is 3.26. The normalized spacial score (nSPS) is 13.3. The lowest BCUT2D eigenvalue weighted by molar-refractivity contribution is -0.889. The summed E-state index contributed by atoms with van der Waals surface area (Å²) in [6.45, 7) is 4.55. The third kappa shape index (κ3) is 44.2. The zero-order valence-electron chi connectivity index (χ0n) is 42.2. The number of likely N-dealkylation sites (N-methyl/N-ethyl adjacent to an activating group) is 1. The van der Waals surface area contributed by atoms with E-state index in [4.69, 9.17) is 14.2 Å². The molecule has 370 valence electrons. The van der Waals surface area contributed by atoms with Gasteiger partial charge in [-0.3, -0.25) is 9.59 Å². The van der Waals surface area contributed by atoms with Gasteiger partial charge < -0.3 is 28.6 Å². The number of ether oxygens (including phenoxy) is 3. The number of nitrogens with zero attached hydrogens (tertiary/aromatic N) is 1. The first-order chi connectivity index (χ1) is 31.1. The predicted octanol–water partition coefficient (Wildman–Crippen LogP) is 14.0.